The van der Waals surface area contributed by atoms with E-state index in [-0.39, 0.29) is 14.1 Å². The molecule has 2 rings (SSSR count). The second-order valence-electron chi connectivity index (χ2n) is 7.06. The van der Waals surface area contributed by atoms with Crippen LogP contribution in [-0.4, -0.2) is 45.6 Å². The Labute approximate surface area is 150 Å². The Bertz CT molecular complexity index is 628. The molecule has 4 N–H and O–H groups in total. The van der Waals surface area contributed by atoms with E-state index in [0.29, 0.717) is 12.2 Å². The van der Waals surface area contributed by atoms with Gasteiger partial charge in [-0.15, -0.1) is 0 Å². The van der Waals surface area contributed by atoms with E-state index in [4.69, 9.17) is 15.6 Å². The molecule has 1 fully saturated rings. The Morgan fingerprint density at radius 1 is 1.40 bits per heavy atom. The Morgan fingerprint density at radius 2 is 1.92 bits per heavy atom. The molecule has 1 aliphatic rings. The number of carbonyl (C=O) groups is 1. The molecule has 1 amide bonds. The van der Waals surface area contributed by atoms with Gasteiger partial charge in [0.15, 0.2) is 5.76 Å². The zero-order valence-electron chi connectivity index (χ0n) is 15.3. The van der Waals surface area contributed by atoms with E-state index in [1.54, 1.807) is 20.8 Å². The van der Waals surface area contributed by atoms with Gasteiger partial charge in [0, 0.05) is 13.4 Å². The number of benzene rings is 1. The van der Waals surface area contributed by atoms with Crippen LogP contribution in [0.1, 0.15) is 39.7 Å². The van der Waals surface area contributed by atoms with Gasteiger partial charge < -0.3 is 20.8 Å². The van der Waals surface area contributed by atoms with Crippen LogP contribution in [0, 0.1) is 6.92 Å². The van der Waals surface area contributed by atoms with Gasteiger partial charge in [0.1, 0.15) is 12.1 Å². The quantitative estimate of drug-likeness (QED) is 0.573. The zero-order chi connectivity index (χ0) is 19.2. The maximum absolute atomic E-state index is 11.2. The summed E-state index contributed by atoms with van der Waals surface area (Å²) >= 11 is 0. The lowest BCUT2D eigenvalue weighted by Crippen LogP contribution is -2.38. The highest BCUT2D eigenvalue weighted by atomic mass is 16.5. The van der Waals surface area contributed by atoms with E-state index in [2.05, 4.69) is 12.3 Å². The number of hydrogen-bond acceptors (Lipinski definition) is 5. The van der Waals surface area contributed by atoms with E-state index < -0.39 is 17.6 Å². The summed E-state index contributed by atoms with van der Waals surface area (Å²) in [5.74, 6) is -0.0495. The first-order valence-corrected chi connectivity index (χ1v) is 8.12. The van der Waals surface area contributed by atoms with Crippen molar-refractivity contribution < 1.29 is 21.3 Å². The van der Waals surface area contributed by atoms with Crippen molar-refractivity contribution in [1.29, 1.82) is 0 Å². The third-order valence-corrected chi connectivity index (χ3v) is 3.32. The van der Waals surface area contributed by atoms with Gasteiger partial charge in [-0.1, -0.05) is 42.1 Å². The van der Waals surface area contributed by atoms with Gasteiger partial charge in [-0.05, 0) is 27.7 Å². The van der Waals surface area contributed by atoms with E-state index in [9.17, 15) is 10.0 Å². The molecule has 25 heavy (non-hydrogen) atoms. The average molecular weight is 350 g/mol. The second-order valence-corrected chi connectivity index (χ2v) is 7.06. The van der Waals surface area contributed by atoms with Crippen LogP contribution >= 0.6 is 0 Å². The molecular weight excluding hydrogens is 320 g/mol. The van der Waals surface area contributed by atoms with Crippen molar-refractivity contribution in [3.63, 3.8) is 0 Å². The highest BCUT2D eigenvalue weighted by molar-refractivity contribution is 5.80. The lowest BCUT2D eigenvalue weighted by atomic mass is 10.1. The minimum atomic E-state index is -0.705. The van der Waals surface area contributed by atoms with Crippen molar-refractivity contribution in [2.24, 2.45) is 5.73 Å². The maximum Gasteiger partial charge on any atom is 0.237 e. The van der Waals surface area contributed by atoms with Crippen LogP contribution in [0.25, 0.3) is 5.76 Å². The number of hydrogen-bond donors (Lipinski definition) is 3. The number of carbonyl (C=O) groups excluding carboxylic acids is 1. The predicted octanol–water partition coefficient (Wildman–Crippen LogP) is 2.48. The SMILES string of the molecule is C=C=C(O[C@H]1C[C@@H](C(N)=O)N(O)C1)c1ccc(C)cc1.CC(C)(C)O.[HH]. The minimum absolute atomic E-state index is 0. The number of primary amides is 1. The fourth-order valence-corrected chi connectivity index (χ4v) is 2.21. The van der Waals surface area contributed by atoms with E-state index in [1.807, 2.05) is 31.2 Å². The van der Waals surface area contributed by atoms with Crippen molar-refractivity contribution in [3.8, 4) is 0 Å². The molecule has 0 bridgehead atoms. The second kappa shape index (κ2) is 8.83. The molecule has 0 aromatic heterocycles. The Morgan fingerprint density at radius 3 is 2.32 bits per heavy atom. The van der Waals surface area contributed by atoms with Crippen molar-refractivity contribution in [3.05, 3.63) is 47.7 Å². The van der Waals surface area contributed by atoms with Crippen LogP contribution in [0.15, 0.2) is 36.6 Å². The first kappa shape index (κ1) is 20.9. The molecular formula is C19H30N2O4. The van der Waals surface area contributed by atoms with Gasteiger partial charge in [0.25, 0.3) is 0 Å². The predicted molar refractivity (Wildman–Crippen MR) is 98.8 cm³/mol. The monoisotopic (exact) mass is 350 g/mol. The molecule has 6 nitrogen and oxygen atoms in total. The third kappa shape index (κ3) is 7.54. The first-order chi connectivity index (χ1) is 11.5. The minimum Gasteiger partial charge on any atom is -0.481 e. The number of rotatable bonds is 4. The number of hydroxylamine groups is 2. The summed E-state index contributed by atoms with van der Waals surface area (Å²) in [6.45, 7) is 11.1. The van der Waals surface area contributed by atoms with Crippen molar-refractivity contribution >= 4 is 11.7 Å². The largest absolute Gasteiger partial charge is 0.481 e. The van der Waals surface area contributed by atoms with Gasteiger partial charge in [0.05, 0.1) is 12.1 Å². The van der Waals surface area contributed by atoms with Gasteiger partial charge in [-0.25, -0.2) is 0 Å². The number of nitrogens with two attached hydrogens (primary N) is 1. The summed E-state index contributed by atoms with van der Waals surface area (Å²) in [4.78, 5) is 11.2. The molecule has 1 aromatic rings. The molecule has 0 aliphatic carbocycles. The Hall–Kier alpha value is -2.11. The number of aryl methyl sites for hydroxylation is 1. The number of ether oxygens (including phenoxy) is 1. The van der Waals surface area contributed by atoms with Crippen LogP contribution in [0.5, 0.6) is 0 Å². The summed E-state index contributed by atoms with van der Waals surface area (Å²) in [5.41, 5.74) is 9.47. The van der Waals surface area contributed by atoms with Crippen molar-refractivity contribution in [2.75, 3.05) is 6.54 Å². The molecule has 1 aromatic carbocycles. The molecule has 140 valence electrons. The fourth-order valence-electron chi connectivity index (χ4n) is 2.21. The summed E-state index contributed by atoms with van der Waals surface area (Å²) in [7, 11) is 0. The van der Waals surface area contributed by atoms with E-state index in [1.165, 1.54) is 0 Å². The molecule has 1 saturated heterocycles. The molecule has 1 aliphatic heterocycles. The van der Waals surface area contributed by atoms with Gasteiger partial charge in [0.2, 0.25) is 5.91 Å². The lowest BCUT2D eigenvalue weighted by molar-refractivity contribution is -0.143. The highest BCUT2D eigenvalue weighted by Gasteiger charge is 2.36. The van der Waals surface area contributed by atoms with Gasteiger partial charge in [-0.2, -0.15) is 5.06 Å². The lowest BCUT2D eigenvalue weighted by Gasteiger charge is -2.14. The fraction of sp³-hybridized carbons (Fsp3) is 0.474. The summed E-state index contributed by atoms with van der Waals surface area (Å²) < 4.78 is 5.77. The Kier molecular flexibility index (Phi) is 7.39. The van der Waals surface area contributed by atoms with Gasteiger partial charge >= 0.3 is 0 Å². The highest BCUT2D eigenvalue weighted by Crippen LogP contribution is 2.24. The van der Waals surface area contributed by atoms with Crippen LogP contribution < -0.4 is 5.73 Å². The molecule has 6 heteroatoms. The standard InChI is InChI=1S/C15H18N2O3.C4H10O.H2/c1-3-14(11-6-4-10(2)5-7-11)20-12-8-13(15(16)18)17(19)9-12;1-4(2,3)5;/h4-7,12-13,19H,1,8-9H2,2H3,(H2,16,18);5H,1-3H3;1H/t12-,13-;;/m0../s1. The number of nitrogens with zero attached hydrogens (tertiary/aromatic N) is 1. The topological polar surface area (TPSA) is 96.0 Å². The maximum atomic E-state index is 11.2. The number of amides is 1. The molecule has 0 spiro atoms. The van der Waals surface area contributed by atoms with E-state index in [0.717, 1.165) is 16.2 Å². The van der Waals surface area contributed by atoms with Gasteiger partial charge in [-0.3, -0.25) is 4.79 Å². The summed E-state index contributed by atoms with van der Waals surface area (Å²) in [6.07, 6.45) is 0.0335. The average Bonchev–Trinajstić information content (AvgIpc) is 2.85. The van der Waals surface area contributed by atoms with Crippen LogP contribution in [0.4, 0.5) is 0 Å². The molecule has 0 radical (unpaired) electrons. The zero-order valence-corrected chi connectivity index (χ0v) is 15.3. The summed E-state index contributed by atoms with van der Waals surface area (Å²) in [5, 5.41) is 19.1. The molecule has 1 heterocycles. The molecule has 0 unspecified atom stereocenters. The Balaban J connectivity index is 0.000000923. The first-order valence-electron chi connectivity index (χ1n) is 8.12. The van der Waals surface area contributed by atoms with E-state index >= 15 is 0 Å². The third-order valence-electron chi connectivity index (χ3n) is 3.32. The van der Waals surface area contributed by atoms with Crippen LogP contribution in [0.3, 0.4) is 0 Å². The molecule has 0 saturated carbocycles. The normalized spacial score (nSPS) is 20.2. The van der Waals surface area contributed by atoms with Crippen molar-refractivity contribution in [1.82, 2.24) is 5.06 Å². The van der Waals surface area contributed by atoms with Crippen LogP contribution in [-0.2, 0) is 9.53 Å². The molecule has 2 atom stereocenters. The summed E-state index contributed by atoms with van der Waals surface area (Å²) in [6, 6.07) is 7.06. The smallest absolute Gasteiger partial charge is 0.237 e. The van der Waals surface area contributed by atoms with Crippen molar-refractivity contribution in [2.45, 2.75) is 51.9 Å². The number of aliphatic hydroxyl groups is 1. The van der Waals surface area contributed by atoms with Crippen LogP contribution in [0.2, 0.25) is 0 Å².